The summed E-state index contributed by atoms with van der Waals surface area (Å²) in [5.41, 5.74) is 1.35. The molecule has 0 saturated carbocycles. The van der Waals surface area contributed by atoms with Crippen LogP contribution in [-0.4, -0.2) is 37.7 Å². The smallest absolute Gasteiger partial charge is 0.290 e. The van der Waals surface area contributed by atoms with E-state index in [-0.39, 0.29) is 16.3 Å². The van der Waals surface area contributed by atoms with Crippen molar-refractivity contribution in [3.8, 4) is 5.75 Å². The number of ether oxygens (including phenoxy) is 1. The van der Waals surface area contributed by atoms with Crippen molar-refractivity contribution in [2.45, 2.75) is 22.4 Å². The number of sulfone groups is 1. The van der Waals surface area contributed by atoms with E-state index >= 15 is 0 Å². The van der Waals surface area contributed by atoms with Gasteiger partial charge in [0.05, 0.1) is 18.0 Å². The molecule has 1 amide bonds. The zero-order valence-electron chi connectivity index (χ0n) is 18.1. The van der Waals surface area contributed by atoms with Gasteiger partial charge in [-0.05, 0) is 53.8 Å². The lowest BCUT2D eigenvalue weighted by Gasteiger charge is -2.27. The minimum Gasteiger partial charge on any atom is -0.502 e. The third-order valence-corrected chi connectivity index (χ3v) is 8.15. The maximum Gasteiger partial charge on any atom is 0.290 e. The molecular formula is C25H23NO5S2. The van der Waals surface area contributed by atoms with Crippen LogP contribution in [0.5, 0.6) is 5.75 Å². The molecule has 0 unspecified atom stereocenters. The Hall–Kier alpha value is -3.23. The maximum absolute atomic E-state index is 13.6. The molecule has 170 valence electrons. The van der Waals surface area contributed by atoms with Gasteiger partial charge in [-0.25, -0.2) is 8.42 Å². The number of hydrogen-bond donors (Lipinski definition) is 1. The van der Waals surface area contributed by atoms with Crippen LogP contribution in [0.1, 0.15) is 17.2 Å². The van der Waals surface area contributed by atoms with E-state index < -0.39 is 27.5 Å². The Balaban J connectivity index is 1.84. The van der Waals surface area contributed by atoms with Crippen LogP contribution in [0.3, 0.4) is 0 Å². The normalized spacial score (nSPS) is 16.4. The Kier molecular flexibility index (Phi) is 6.49. The van der Waals surface area contributed by atoms with Crippen LogP contribution in [0, 0.1) is 0 Å². The van der Waals surface area contributed by atoms with Gasteiger partial charge >= 0.3 is 0 Å². The number of amides is 1. The average molecular weight is 482 g/mol. The molecule has 0 fully saturated rings. The van der Waals surface area contributed by atoms with Crippen LogP contribution in [0.2, 0.25) is 0 Å². The molecule has 0 bridgehead atoms. The van der Waals surface area contributed by atoms with Gasteiger partial charge < -0.3 is 14.7 Å². The number of benzene rings is 3. The molecule has 1 aliphatic heterocycles. The van der Waals surface area contributed by atoms with Crippen LogP contribution < -0.4 is 4.74 Å². The highest BCUT2D eigenvalue weighted by Crippen LogP contribution is 2.43. The number of thioether (sulfide) groups is 1. The summed E-state index contributed by atoms with van der Waals surface area (Å²) in [6.45, 7) is 0.100. The highest BCUT2D eigenvalue weighted by molar-refractivity contribution is 7.98. The number of carbonyl (C=O) groups is 1. The molecule has 1 atom stereocenters. The summed E-state index contributed by atoms with van der Waals surface area (Å²) in [6.07, 6.45) is 1.94. The largest absolute Gasteiger partial charge is 0.502 e. The van der Waals surface area contributed by atoms with Crippen molar-refractivity contribution >= 4 is 27.5 Å². The molecule has 33 heavy (non-hydrogen) atoms. The third kappa shape index (κ3) is 4.36. The van der Waals surface area contributed by atoms with Gasteiger partial charge in [-0.2, -0.15) is 0 Å². The van der Waals surface area contributed by atoms with Gasteiger partial charge in [0.2, 0.25) is 9.84 Å². The summed E-state index contributed by atoms with van der Waals surface area (Å²) in [5.74, 6) is -0.860. The van der Waals surface area contributed by atoms with Crippen LogP contribution in [0.15, 0.2) is 99.3 Å². The number of nitrogens with zero attached hydrogens (tertiary/aromatic N) is 1. The van der Waals surface area contributed by atoms with Crippen molar-refractivity contribution in [2.24, 2.45) is 0 Å². The minimum absolute atomic E-state index is 0.0216. The molecule has 6 nitrogen and oxygen atoms in total. The lowest BCUT2D eigenvalue weighted by Crippen LogP contribution is -2.30. The van der Waals surface area contributed by atoms with Crippen molar-refractivity contribution in [3.63, 3.8) is 0 Å². The highest BCUT2D eigenvalue weighted by atomic mass is 32.2. The van der Waals surface area contributed by atoms with Crippen LogP contribution in [0.4, 0.5) is 0 Å². The van der Waals surface area contributed by atoms with Gasteiger partial charge in [-0.1, -0.05) is 42.5 Å². The molecule has 0 radical (unpaired) electrons. The topological polar surface area (TPSA) is 83.9 Å². The molecule has 3 aromatic rings. The second kappa shape index (κ2) is 9.33. The first-order chi connectivity index (χ1) is 15.9. The first-order valence-corrected chi connectivity index (χ1v) is 12.9. The number of carbonyl (C=O) groups excluding carboxylic acids is 1. The van der Waals surface area contributed by atoms with Gasteiger partial charge in [-0.3, -0.25) is 4.79 Å². The lowest BCUT2D eigenvalue weighted by atomic mass is 10.1. The van der Waals surface area contributed by atoms with E-state index in [2.05, 4.69) is 0 Å². The Morgan fingerprint density at radius 1 is 1.00 bits per heavy atom. The molecule has 8 heteroatoms. The lowest BCUT2D eigenvalue weighted by molar-refractivity contribution is -0.130. The summed E-state index contributed by atoms with van der Waals surface area (Å²) in [6, 6.07) is 21.4. The van der Waals surface area contributed by atoms with Gasteiger partial charge in [-0.15, -0.1) is 11.8 Å². The van der Waals surface area contributed by atoms with Gasteiger partial charge in [0, 0.05) is 11.4 Å². The van der Waals surface area contributed by atoms with Crippen molar-refractivity contribution < 1.29 is 23.1 Å². The molecule has 0 aromatic heterocycles. The minimum atomic E-state index is -4.13. The van der Waals surface area contributed by atoms with Crippen LogP contribution >= 0.6 is 11.8 Å². The van der Waals surface area contributed by atoms with Gasteiger partial charge in [0.15, 0.2) is 5.76 Å². The Labute approximate surface area is 197 Å². The molecule has 0 aliphatic carbocycles. The average Bonchev–Trinajstić information content (AvgIpc) is 3.10. The van der Waals surface area contributed by atoms with E-state index in [1.54, 1.807) is 67.4 Å². The molecule has 0 saturated heterocycles. The zero-order chi connectivity index (χ0) is 23.6. The summed E-state index contributed by atoms with van der Waals surface area (Å²) in [4.78, 5) is 15.3. The van der Waals surface area contributed by atoms with E-state index in [1.807, 2.05) is 24.5 Å². The fraction of sp³-hybridized carbons (Fsp3) is 0.160. The third-order valence-electron chi connectivity index (χ3n) is 5.52. The Bertz CT molecular complexity index is 1300. The summed E-state index contributed by atoms with van der Waals surface area (Å²) in [7, 11) is -2.58. The first kappa shape index (κ1) is 22.9. The molecule has 1 N–H and O–H groups in total. The second-order valence-corrected chi connectivity index (χ2v) is 10.3. The predicted octanol–water partition coefficient (Wildman–Crippen LogP) is 4.74. The first-order valence-electron chi connectivity index (χ1n) is 10.2. The standard InChI is InChI=1S/C25H23NO5S2/c1-31-19-8-6-7-17(15-19)16-26-22(18-11-13-20(32-2)14-12-18)24(23(27)25(26)28)33(29,30)21-9-4-3-5-10-21/h3-15,22,27H,16H2,1-2H3/t22-/m0/s1. The molecule has 3 aromatic carbocycles. The van der Waals surface area contributed by atoms with Crippen molar-refractivity contribution in [1.29, 1.82) is 0 Å². The Morgan fingerprint density at radius 2 is 1.70 bits per heavy atom. The Morgan fingerprint density at radius 3 is 2.33 bits per heavy atom. The van der Waals surface area contributed by atoms with Crippen molar-refractivity contribution in [3.05, 3.63) is 101 Å². The zero-order valence-corrected chi connectivity index (χ0v) is 19.8. The summed E-state index contributed by atoms with van der Waals surface area (Å²) < 4.78 is 32.4. The predicted molar refractivity (Wildman–Crippen MR) is 128 cm³/mol. The maximum atomic E-state index is 13.6. The number of aliphatic hydroxyl groups is 1. The number of methoxy groups -OCH3 is 1. The second-order valence-electron chi connectivity index (χ2n) is 7.49. The van der Waals surface area contributed by atoms with E-state index in [4.69, 9.17) is 4.74 Å². The monoisotopic (exact) mass is 481 g/mol. The molecule has 1 aliphatic rings. The van der Waals surface area contributed by atoms with E-state index in [0.29, 0.717) is 11.3 Å². The van der Waals surface area contributed by atoms with E-state index in [9.17, 15) is 18.3 Å². The molecular weight excluding hydrogens is 458 g/mol. The fourth-order valence-electron chi connectivity index (χ4n) is 3.88. The SMILES string of the molecule is COc1cccc(CN2C(=O)C(O)=C(S(=O)(=O)c3ccccc3)[C@@H]2c2ccc(SC)cc2)c1. The van der Waals surface area contributed by atoms with Crippen LogP contribution in [0.25, 0.3) is 0 Å². The number of hydrogen-bond acceptors (Lipinski definition) is 6. The van der Waals surface area contributed by atoms with E-state index in [1.165, 1.54) is 17.0 Å². The van der Waals surface area contributed by atoms with Crippen molar-refractivity contribution in [1.82, 2.24) is 4.90 Å². The summed E-state index contributed by atoms with van der Waals surface area (Å²) in [5, 5.41) is 10.8. The highest BCUT2D eigenvalue weighted by Gasteiger charge is 2.46. The van der Waals surface area contributed by atoms with Crippen molar-refractivity contribution in [2.75, 3.05) is 13.4 Å². The molecule has 0 spiro atoms. The number of rotatable bonds is 7. The number of aliphatic hydroxyl groups excluding tert-OH is 1. The van der Waals surface area contributed by atoms with Gasteiger partial charge in [0.25, 0.3) is 5.91 Å². The summed E-state index contributed by atoms with van der Waals surface area (Å²) >= 11 is 1.56. The molecule has 4 rings (SSSR count). The van der Waals surface area contributed by atoms with E-state index in [0.717, 1.165) is 10.5 Å². The van der Waals surface area contributed by atoms with Crippen LogP contribution in [-0.2, 0) is 21.2 Å². The van der Waals surface area contributed by atoms with Gasteiger partial charge in [0.1, 0.15) is 10.7 Å². The quantitative estimate of drug-likeness (QED) is 0.491. The molecule has 1 heterocycles. The fourth-order valence-corrected chi connectivity index (χ4v) is 5.96.